The summed E-state index contributed by atoms with van der Waals surface area (Å²) in [5.74, 6) is -0.276. The standard InChI is InChI=1S/C22H20FNO/c1-15-4-6-18(7-5-15)22(25)13-8-19-14-16(2)24(17(19)3)21-11-9-20(23)10-12-21/h4-14H,1-3H3/b13-8+. The van der Waals surface area contributed by atoms with Crippen LogP contribution in [-0.4, -0.2) is 10.4 Å². The smallest absolute Gasteiger partial charge is 0.185 e. The van der Waals surface area contributed by atoms with Crippen LogP contribution in [0.15, 0.2) is 60.7 Å². The molecule has 0 spiro atoms. The average Bonchev–Trinajstić information content (AvgIpc) is 2.88. The van der Waals surface area contributed by atoms with Gasteiger partial charge in [-0.1, -0.05) is 29.8 Å². The van der Waals surface area contributed by atoms with Crippen molar-refractivity contribution in [3.05, 3.63) is 94.6 Å². The molecule has 0 bridgehead atoms. The van der Waals surface area contributed by atoms with Gasteiger partial charge in [0.15, 0.2) is 5.78 Å². The van der Waals surface area contributed by atoms with Crippen molar-refractivity contribution in [3.8, 4) is 5.69 Å². The highest BCUT2D eigenvalue weighted by atomic mass is 19.1. The first-order valence-corrected chi connectivity index (χ1v) is 8.19. The molecule has 0 unspecified atom stereocenters. The van der Waals surface area contributed by atoms with E-state index < -0.39 is 0 Å². The Morgan fingerprint density at radius 3 is 2.24 bits per heavy atom. The summed E-state index contributed by atoms with van der Waals surface area (Å²) in [6.45, 7) is 5.98. The van der Waals surface area contributed by atoms with Crippen molar-refractivity contribution in [3.63, 3.8) is 0 Å². The average molecular weight is 333 g/mol. The van der Waals surface area contributed by atoms with E-state index in [0.29, 0.717) is 5.56 Å². The van der Waals surface area contributed by atoms with Crippen LogP contribution in [0, 0.1) is 26.6 Å². The molecule has 3 rings (SSSR count). The topological polar surface area (TPSA) is 22.0 Å². The van der Waals surface area contributed by atoms with Gasteiger partial charge in [0.1, 0.15) is 5.82 Å². The Labute approximate surface area is 147 Å². The molecule has 126 valence electrons. The molecule has 0 saturated heterocycles. The summed E-state index contributed by atoms with van der Waals surface area (Å²) in [7, 11) is 0. The second-order valence-electron chi connectivity index (χ2n) is 6.20. The van der Waals surface area contributed by atoms with E-state index in [1.165, 1.54) is 12.1 Å². The van der Waals surface area contributed by atoms with E-state index in [-0.39, 0.29) is 11.6 Å². The first kappa shape index (κ1) is 16.9. The Bertz CT molecular complexity index is 931. The third kappa shape index (κ3) is 3.61. The van der Waals surface area contributed by atoms with Gasteiger partial charge in [-0.15, -0.1) is 0 Å². The SMILES string of the molecule is Cc1ccc(C(=O)/C=C/c2cc(C)n(-c3ccc(F)cc3)c2C)cc1. The first-order chi connectivity index (χ1) is 12.0. The van der Waals surface area contributed by atoms with Gasteiger partial charge in [0, 0.05) is 22.6 Å². The molecular weight excluding hydrogens is 313 g/mol. The molecule has 0 saturated carbocycles. The molecule has 0 radical (unpaired) electrons. The normalized spacial score (nSPS) is 11.2. The second kappa shape index (κ2) is 6.89. The van der Waals surface area contributed by atoms with E-state index in [4.69, 9.17) is 0 Å². The molecule has 1 aromatic heterocycles. The molecular formula is C22H20FNO. The Kier molecular flexibility index (Phi) is 4.66. The first-order valence-electron chi connectivity index (χ1n) is 8.19. The van der Waals surface area contributed by atoms with E-state index in [1.54, 1.807) is 18.2 Å². The van der Waals surface area contributed by atoms with Crippen LogP contribution in [0.1, 0.15) is 32.9 Å². The summed E-state index contributed by atoms with van der Waals surface area (Å²) in [5.41, 5.74) is 5.73. The fraction of sp³-hybridized carbons (Fsp3) is 0.136. The molecule has 0 atom stereocenters. The fourth-order valence-electron chi connectivity index (χ4n) is 2.92. The largest absolute Gasteiger partial charge is 0.318 e. The number of allylic oxidation sites excluding steroid dienone is 1. The third-order valence-corrected chi connectivity index (χ3v) is 4.31. The van der Waals surface area contributed by atoms with E-state index in [9.17, 15) is 9.18 Å². The van der Waals surface area contributed by atoms with Gasteiger partial charge in [0.25, 0.3) is 0 Å². The highest BCUT2D eigenvalue weighted by Gasteiger charge is 2.09. The molecule has 2 nitrogen and oxygen atoms in total. The number of carbonyl (C=O) groups excluding carboxylic acids is 1. The van der Waals surface area contributed by atoms with Crippen LogP contribution >= 0.6 is 0 Å². The van der Waals surface area contributed by atoms with E-state index in [2.05, 4.69) is 4.57 Å². The maximum absolute atomic E-state index is 13.1. The lowest BCUT2D eigenvalue weighted by molar-refractivity contribution is 0.104. The quantitative estimate of drug-likeness (QED) is 0.460. The minimum absolute atomic E-state index is 0.0217. The molecule has 0 N–H and O–H groups in total. The van der Waals surface area contributed by atoms with Crippen LogP contribution in [0.2, 0.25) is 0 Å². The van der Waals surface area contributed by atoms with E-state index in [1.807, 2.05) is 57.2 Å². The minimum atomic E-state index is -0.255. The molecule has 25 heavy (non-hydrogen) atoms. The van der Waals surface area contributed by atoms with Gasteiger partial charge in [0.05, 0.1) is 0 Å². The molecule has 0 aliphatic heterocycles. The minimum Gasteiger partial charge on any atom is -0.318 e. The summed E-state index contributed by atoms with van der Waals surface area (Å²) >= 11 is 0. The van der Waals surface area contributed by atoms with Gasteiger partial charge in [-0.25, -0.2) is 4.39 Å². The Morgan fingerprint density at radius 2 is 1.60 bits per heavy atom. The summed E-state index contributed by atoms with van der Waals surface area (Å²) in [4.78, 5) is 12.3. The van der Waals surface area contributed by atoms with E-state index in [0.717, 1.165) is 28.2 Å². The summed E-state index contributed by atoms with van der Waals surface area (Å²) < 4.78 is 15.2. The van der Waals surface area contributed by atoms with Crippen molar-refractivity contribution in [2.24, 2.45) is 0 Å². The van der Waals surface area contributed by atoms with Crippen LogP contribution in [0.3, 0.4) is 0 Å². The van der Waals surface area contributed by atoms with Gasteiger partial charge in [-0.05, 0) is 68.8 Å². The zero-order valence-corrected chi connectivity index (χ0v) is 14.6. The van der Waals surface area contributed by atoms with Gasteiger partial charge in [-0.2, -0.15) is 0 Å². The Balaban J connectivity index is 1.88. The lowest BCUT2D eigenvalue weighted by Crippen LogP contribution is -1.99. The number of aryl methyl sites for hydroxylation is 2. The maximum atomic E-state index is 13.1. The molecule has 1 heterocycles. The predicted octanol–water partition coefficient (Wildman–Crippen LogP) is 5.44. The molecule has 0 aliphatic carbocycles. The third-order valence-electron chi connectivity index (χ3n) is 4.31. The van der Waals surface area contributed by atoms with Crippen molar-refractivity contribution in [2.75, 3.05) is 0 Å². The van der Waals surface area contributed by atoms with Crippen LogP contribution in [-0.2, 0) is 0 Å². The monoisotopic (exact) mass is 333 g/mol. The van der Waals surface area contributed by atoms with Gasteiger partial charge >= 0.3 is 0 Å². The number of hydrogen-bond acceptors (Lipinski definition) is 1. The molecule has 2 aromatic carbocycles. The predicted molar refractivity (Wildman–Crippen MR) is 99.7 cm³/mol. The van der Waals surface area contributed by atoms with Crippen LogP contribution in [0.5, 0.6) is 0 Å². The molecule has 3 aromatic rings. The van der Waals surface area contributed by atoms with Crippen molar-refractivity contribution in [1.29, 1.82) is 0 Å². The van der Waals surface area contributed by atoms with Gasteiger partial charge in [-0.3, -0.25) is 4.79 Å². The molecule has 0 fully saturated rings. The fourth-order valence-corrected chi connectivity index (χ4v) is 2.92. The van der Waals surface area contributed by atoms with Crippen LogP contribution in [0.25, 0.3) is 11.8 Å². The maximum Gasteiger partial charge on any atom is 0.185 e. The highest BCUT2D eigenvalue weighted by Crippen LogP contribution is 2.22. The summed E-state index contributed by atoms with van der Waals surface area (Å²) in [6, 6.07) is 16.0. The zero-order chi connectivity index (χ0) is 18.0. The molecule has 3 heteroatoms. The number of nitrogens with zero attached hydrogens (tertiary/aromatic N) is 1. The molecule has 0 amide bonds. The lowest BCUT2D eigenvalue weighted by Gasteiger charge is -2.09. The Morgan fingerprint density at radius 1 is 0.960 bits per heavy atom. The zero-order valence-electron chi connectivity index (χ0n) is 14.6. The van der Waals surface area contributed by atoms with Crippen molar-refractivity contribution in [1.82, 2.24) is 4.57 Å². The summed E-state index contributed by atoms with van der Waals surface area (Å²) in [5, 5.41) is 0. The van der Waals surface area contributed by atoms with E-state index >= 15 is 0 Å². The second-order valence-corrected chi connectivity index (χ2v) is 6.20. The van der Waals surface area contributed by atoms with Gasteiger partial charge < -0.3 is 4.57 Å². The van der Waals surface area contributed by atoms with Crippen molar-refractivity contribution in [2.45, 2.75) is 20.8 Å². The summed E-state index contributed by atoms with van der Waals surface area (Å²) in [6.07, 6.45) is 3.44. The number of carbonyl (C=O) groups is 1. The number of halogens is 1. The number of hydrogen-bond donors (Lipinski definition) is 0. The van der Waals surface area contributed by atoms with Crippen molar-refractivity contribution >= 4 is 11.9 Å². The number of rotatable bonds is 4. The van der Waals surface area contributed by atoms with Crippen molar-refractivity contribution < 1.29 is 9.18 Å². The van der Waals surface area contributed by atoms with Crippen LogP contribution < -0.4 is 0 Å². The van der Waals surface area contributed by atoms with Crippen LogP contribution in [0.4, 0.5) is 4.39 Å². The highest BCUT2D eigenvalue weighted by molar-refractivity contribution is 6.06. The number of aromatic nitrogens is 1. The van der Waals surface area contributed by atoms with Gasteiger partial charge in [0.2, 0.25) is 0 Å². The lowest BCUT2D eigenvalue weighted by atomic mass is 10.1. The number of benzene rings is 2. The molecule has 0 aliphatic rings. The number of ketones is 1. The Hall–Kier alpha value is -2.94.